The fourth-order valence-corrected chi connectivity index (χ4v) is 3.89. The number of piperidine rings is 1. The Morgan fingerprint density at radius 2 is 2.00 bits per heavy atom. The van der Waals surface area contributed by atoms with Gasteiger partial charge in [0.2, 0.25) is 5.13 Å². The fourth-order valence-electron chi connectivity index (χ4n) is 2.98. The van der Waals surface area contributed by atoms with Gasteiger partial charge in [-0.1, -0.05) is 20.8 Å². The minimum absolute atomic E-state index is 0.0262. The van der Waals surface area contributed by atoms with E-state index < -0.39 is 0 Å². The quantitative estimate of drug-likeness (QED) is 0.905. The zero-order valence-electron chi connectivity index (χ0n) is 15.5. The van der Waals surface area contributed by atoms with Crippen molar-refractivity contribution in [3.8, 4) is 0 Å². The lowest BCUT2D eigenvalue weighted by molar-refractivity contribution is 0.0929. The SMILES string of the molecule is Cc1cc(C(=O)NC2CCN(c3nc(C(C)(C)C)ns3)CC2)c(C)o1. The molecule has 3 heterocycles. The van der Waals surface area contributed by atoms with Gasteiger partial charge >= 0.3 is 0 Å². The van der Waals surface area contributed by atoms with Crippen molar-refractivity contribution in [3.05, 3.63) is 29.0 Å². The molecule has 1 aliphatic rings. The number of nitrogens with zero attached hydrogens (tertiary/aromatic N) is 3. The number of aromatic nitrogens is 2. The van der Waals surface area contributed by atoms with Crippen LogP contribution in [-0.2, 0) is 5.41 Å². The number of carbonyl (C=O) groups is 1. The van der Waals surface area contributed by atoms with Crippen LogP contribution in [0.5, 0.6) is 0 Å². The smallest absolute Gasteiger partial charge is 0.255 e. The van der Waals surface area contributed by atoms with Gasteiger partial charge in [-0.25, -0.2) is 4.98 Å². The highest BCUT2D eigenvalue weighted by molar-refractivity contribution is 7.09. The van der Waals surface area contributed by atoms with E-state index in [-0.39, 0.29) is 17.4 Å². The number of hydrogen-bond acceptors (Lipinski definition) is 6. The van der Waals surface area contributed by atoms with Gasteiger partial charge in [0, 0.05) is 36.1 Å². The third-order valence-corrected chi connectivity index (χ3v) is 5.25. The number of rotatable bonds is 3. The van der Waals surface area contributed by atoms with E-state index in [9.17, 15) is 4.79 Å². The second-order valence-electron chi connectivity index (χ2n) is 7.71. The van der Waals surface area contributed by atoms with Crippen molar-refractivity contribution in [1.29, 1.82) is 0 Å². The summed E-state index contributed by atoms with van der Waals surface area (Å²) in [7, 11) is 0. The second-order valence-corrected chi connectivity index (χ2v) is 8.44. The van der Waals surface area contributed by atoms with Gasteiger partial charge in [0.15, 0.2) is 0 Å². The molecule has 25 heavy (non-hydrogen) atoms. The average Bonchev–Trinajstić information content (AvgIpc) is 3.14. The van der Waals surface area contributed by atoms with Gasteiger partial charge in [-0.15, -0.1) is 0 Å². The van der Waals surface area contributed by atoms with Crippen molar-refractivity contribution in [2.45, 2.75) is 58.9 Å². The second kappa shape index (κ2) is 6.78. The summed E-state index contributed by atoms with van der Waals surface area (Å²) in [6.45, 7) is 11.8. The van der Waals surface area contributed by atoms with Crippen molar-refractivity contribution in [1.82, 2.24) is 14.7 Å². The molecule has 1 fully saturated rings. The summed E-state index contributed by atoms with van der Waals surface area (Å²) in [5, 5.41) is 4.11. The number of aryl methyl sites for hydroxylation is 2. The van der Waals surface area contributed by atoms with Crippen molar-refractivity contribution < 1.29 is 9.21 Å². The summed E-state index contributed by atoms with van der Waals surface area (Å²) in [6, 6.07) is 1.99. The summed E-state index contributed by atoms with van der Waals surface area (Å²) >= 11 is 1.46. The van der Waals surface area contributed by atoms with E-state index in [0.717, 1.165) is 42.6 Å². The van der Waals surface area contributed by atoms with Gasteiger partial charge in [0.05, 0.1) is 5.56 Å². The maximum atomic E-state index is 12.4. The number of furan rings is 1. The molecule has 2 aromatic rings. The van der Waals surface area contributed by atoms with E-state index in [2.05, 4.69) is 40.3 Å². The highest BCUT2D eigenvalue weighted by atomic mass is 32.1. The first-order chi connectivity index (χ1) is 11.7. The van der Waals surface area contributed by atoms with E-state index in [4.69, 9.17) is 4.42 Å². The molecule has 1 aliphatic heterocycles. The molecule has 0 aromatic carbocycles. The number of nitrogens with one attached hydrogen (secondary N) is 1. The van der Waals surface area contributed by atoms with E-state index in [1.165, 1.54) is 11.5 Å². The lowest BCUT2D eigenvalue weighted by atomic mass is 9.96. The predicted molar refractivity (Wildman–Crippen MR) is 99.5 cm³/mol. The van der Waals surface area contributed by atoms with Crippen LogP contribution < -0.4 is 10.2 Å². The molecule has 0 spiro atoms. The van der Waals surface area contributed by atoms with E-state index in [1.807, 2.05) is 13.8 Å². The highest BCUT2D eigenvalue weighted by Crippen LogP contribution is 2.27. The Labute approximate surface area is 152 Å². The molecule has 0 saturated carbocycles. The van der Waals surface area contributed by atoms with Crippen molar-refractivity contribution >= 4 is 22.6 Å². The molecule has 1 amide bonds. The van der Waals surface area contributed by atoms with Crippen LogP contribution in [0.4, 0.5) is 5.13 Å². The Kier molecular flexibility index (Phi) is 4.86. The lowest BCUT2D eigenvalue weighted by Gasteiger charge is -2.31. The molecule has 6 nitrogen and oxygen atoms in total. The number of carbonyl (C=O) groups excluding carboxylic acids is 1. The summed E-state index contributed by atoms with van der Waals surface area (Å²) < 4.78 is 9.94. The number of anilines is 1. The summed E-state index contributed by atoms with van der Waals surface area (Å²) in [5.74, 6) is 2.30. The monoisotopic (exact) mass is 362 g/mol. The lowest BCUT2D eigenvalue weighted by Crippen LogP contribution is -2.44. The highest BCUT2D eigenvalue weighted by Gasteiger charge is 2.26. The zero-order chi connectivity index (χ0) is 18.2. The van der Waals surface area contributed by atoms with Crippen LogP contribution in [-0.4, -0.2) is 34.4 Å². The number of hydrogen-bond donors (Lipinski definition) is 1. The maximum absolute atomic E-state index is 12.4. The topological polar surface area (TPSA) is 71.3 Å². The molecule has 0 aliphatic carbocycles. The first-order valence-corrected chi connectivity index (χ1v) is 9.48. The third kappa shape index (κ3) is 4.03. The summed E-state index contributed by atoms with van der Waals surface area (Å²) in [5.41, 5.74) is 0.612. The van der Waals surface area contributed by atoms with E-state index in [0.29, 0.717) is 11.3 Å². The first kappa shape index (κ1) is 17.9. The van der Waals surface area contributed by atoms with Crippen LogP contribution in [0.25, 0.3) is 0 Å². The van der Waals surface area contributed by atoms with Gasteiger partial charge in [-0.2, -0.15) is 4.37 Å². The molecule has 0 atom stereocenters. The Hall–Kier alpha value is -1.89. The van der Waals surface area contributed by atoms with Crippen LogP contribution in [0.15, 0.2) is 10.5 Å². The molecule has 136 valence electrons. The Morgan fingerprint density at radius 3 is 2.52 bits per heavy atom. The first-order valence-electron chi connectivity index (χ1n) is 8.71. The molecular weight excluding hydrogens is 336 g/mol. The van der Waals surface area contributed by atoms with Crippen LogP contribution in [0.2, 0.25) is 0 Å². The van der Waals surface area contributed by atoms with Crippen LogP contribution in [0.1, 0.15) is 61.3 Å². The molecule has 0 radical (unpaired) electrons. The zero-order valence-corrected chi connectivity index (χ0v) is 16.4. The molecule has 0 bridgehead atoms. The van der Waals surface area contributed by atoms with E-state index >= 15 is 0 Å². The van der Waals surface area contributed by atoms with Crippen LogP contribution in [0.3, 0.4) is 0 Å². The Morgan fingerprint density at radius 1 is 1.32 bits per heavy atom. The van der Waals surface area contributed by atoms with Gasteiger partial charge < -0.3 is 14.6 Å². The third-order valence-electron chi connectivity index (χ3n) is 4.47. The van der Waals surface area contributed by atoms with Gasteiger partial charge in [-0.3, -0.25) is 4.79 Å². The molecule has 2 aromatic heterocycles. The largest absolute Gasteiger partial charge is 0.466 e. The predicted octanol–water partition coefficient (Wildman–Crippen LogP) is 3.44. The number of amides is 1. The summed E-state index contributed by atoms with van der Waals surface area (Å²) in [6.07, 6.45) is 1.82. The fraction of sp³-hybridized carbons (Fsp3) is 0.611. The minimum Gasteiger partial charge on any atom is -0.466 e. The normalized spacial score (nSPS) is 16.3. The van der Waals surface area contributed by atoms with Gasteiger partial charge in [0.25, 0.3) is 5.91 Å². The van der Waals surface area contributed by atoms with Crippen molar-refractivity contribution in [2.24, 2.45) is 0 Å². The van der Waals surface area contributed by atoms with Gasteiger partial charge in [0.1, 0.15) is 17.3 Å². The molecular formula is C18H26N4O2S. The molecule has 7 heteroatoms. The molecule has 3 rings (SSSR count). The van der Waals surface area contributed by atoms with Crippen LogP contribution in [0, 0.1) is 13.8 Å². The molecule has 0 unspecified atom stereocenters. The van der Waals surface area contributed by atoms with Crippen molar-refractivity contribution in [3.63, 3.8) is 0 Å². The Balaban J connectivity index is 1.56. The van der Waals surface area contributed by atoms with Crippen LogP contribution >= 0.6 is 11.5 Å². The average molecular weight is 362 g/mol. The Bertz CT molecular complexity index is 751. The summed E-state index contributed by atoms with van der Waals surface area (Å²) in [4.78, 5) is 19.4. The minimum atomic E-state index is -0.0428. The van der Waals surface area contributed by atoms with Crippen molar-refractivity contribution in [2.75, 3.05) is 18.0 Å². The van der Waals surface area contributed by atoms with Gasteiger partial charge in [-0.05, 0) is 32.8 Å². The standard InChI is InChI=1S/C18H26N4O2S/c1-11-10-14(12(2)24-11)15(23)19-13-6-8-22(9-7-13)17-20-16(21-25-17)18(3,4)5/h10,13H,6-9H2,1-5H3,(H,19,23). The molecule has 1 saturated heterocycles. The molecule has 1 N–H and O–H groups in total. The van der Waals surface area contributed by atoms with E-state index in [1.54, 1.807) is 6.07 Å². The maximum Gasteiger partial charge on any atom is 0.255 e.